The Hall–Kier alpha value is -4.54. The lowest BCUT2D eigenvalue weighted by atomic mass is 9.96. The van der Waals surface area contributed by atoms with Crippen molar-refractivity contribution in [3.8, 4) is 0 Å². The van der Waals surface area contributed by atoms with Crippen LogP contribution < -0.4 is 10.2 Å². The van der Waals surface area contributed by atoms with E-state index in [1.807, 2.05) is 78.9 Å². The Bertz CT molecular complexity index is 1560. The Morgan fingerprint density at radius 2 is 1.19 bits per heavy atom. The van der Waals surface area contributed by atoms with Crippen molar-refractivity contribution in [2.45, 2.75) is 43.8 Å². The molecule has 6 aliphatic heterocycles. The number of nitrogens with zero attached hydrogens (tertiary/aromatic N) is 4. The van der Waals surface area contributed by atoms with Gasteiger partial charge in [0, 0.05) is 67.3 Å². The van der Waals surface area contributed by atoms with Crippen molar-refractivity contribution in [1.82, 2.24) is 9.80 Å². The summed E-state index contributed by atoms with van der Waals surface area (Å²) < 4.78 is -0.474. The normalized spacial score (nSPS) is 26.3. The lowest BCUT2D eigenvalue weighted by Crippen LogP contribution is -2.64. The van der Waals surface area contributed by atoms with Gasteiger partial charge in [0.05, 0.1) is 0 Å². The van der Waals surface area contributed by atoms with E-state index in [1.165, 1.54) is 0 Å². The van der Waals surface area contributed by atoms with Crippen LogP contribution in [0, 0.1) is 0 Å². The van der Waals surface area contributed by atoms with Gasteiger partial charge in [0.25, 0.3) is 0 Å². The molecule has 3 atom stereocenters. The number of rotatable bonds is 6. The third-order valence-corrected chi connectivity index (χ3v) is 9.76. The van der Waals surface area contributed by atoms with Crippen molar-refractivity contribution < 1.29 is 38.4 Å². The highest BCUT2D eigenvalue weighted by Crippen LogP contribution is 2.53. The molecule has 0 spiro atoms. The van der Waals surface area contributed by atoms with Crippen LogP contribution in [0.1, 0.15) is 37.3 Å². The van der Waals surface area contributed by atoms with Crippen molar-refractivity contribution in [2.75, 3.05) is 19.6 Å². The highest BCUT2D eigenvalue weighted by atomic mass is 16.4. The number of carbonyl (C=O) groups is 4. The van der Waals surface area contributed by atoms with E-state index < -0.39 is 30.3 Å². The first-order valence-corrected chi connectivity index (χ1v) is 14.4. The Kier molecular flexibility index (Phi) is 5.96. The van der Waals surface area contributed by atoms with Gasteiger partial charge in [-0.25, -0.2) is 9.59 Å². The molecule has 4 amide bonds. The van der Waals surface area contributed by atoms with E-state index in [-0.39, 0.29) is 40.4 Å². The highest BCUT2D eigenvalue weighted by molar-refractivity contribution is 5.85. The van der Waals surface area contributed by atoms with Crippen LogP contribution in [0.3, 0.4) is 0 Å². The second kappa shape index (κ2) is 9.50. The minimum atomic E-state index is -1.37. The standard InChI is InChI=1S/C32H30N4O6/c37-29(26-8-4-18-33(26)31(39)40)35(22-10-11-23(35)13-12-22)20-28(21-6-2-1-3-7-21)36(24-14-15-25(36)17-16-24)30(38)27-9-5-19-34(27)32(41)42/h1-3,6-7,10-17,26-28H,4-5,8-9,18-20H2/t26-,27-,28?/m0/s1. The van der Waals surface area contributed by atoms with Crippen LogP contribution in [0.4, 0.5) is 9.59 Å². The number of carbonyl (C=O) groups excluding carboxylic acids is 4. The Labute approximate surface area is 242 Å². The molecule has 2 saturated heterocycles. The fourth-order valence-electron chi connectivity index (χ4n) is 7.87. The summed E-state index contributed by atoms with van der Waals surface area (Å²) >= 11 is 0. The Morgan fingerprint density at radius 1 is 0.714 bits per heavy atom. The summed E-state index contributed by atoms with van der Waals surface area (Å²) in [6, 6.07) is 7.11. The number of quaternary nitrogens is 2. The number of hydrogen-bond donors (Lipinski definition) is 0. The van der Waals surface area contributed by atoms with Gasteiger partial charge in [-0.05, 0) is 25.7 Å². The molecular formula is C32H30N4O6. The minimum absolute atomic E-state index is 0.130. The molecule has 6 aliphatic rings. The monoisotopic (exact) mass is 566 g/mol. The molecule has 7 rings (SSSR count). The van der Waals surface area contributed by atoms with Gasteiger partial charge in [-0.1, -0.05) is 30.3 Å². The average molecular weight is 567 g/mol. The van der Waals surface area contributed by atoms with Gasteiger partial charge in [-0.2, -0.15) is 8.97 Å². The van der Waals surface area contributed by atoms with Crippen LogP contribution >= 0.6 is 0 Å². The van der Waals surface area contributed by atoms with Gasteiger partial charge in [-0.15, -0.1) is 0 Å². The first-order chi connectivity index (χ1) is 20.3. The van der Waals surface area contributed by atoms with Gasteiger partial charge >= 0.3 is 11.8 Å². The van der Waals surface area contributed by atoms with Crippen molar-refractivity contribution in [1.29, 1.82) is 0 Å². The number of likely N-dealkylation sites (tertiary alicyclic amines) is 2. The topological polar surface area (TPSA) is 121 Å². The highest BCUT2D eigenvalue weighted by Gasteiger charge is 2.64. The average Bonchev–Trinajstić information content (AvgIpc) is 3.86. The van der Waals surface area contributed by atoms with Crippen molar-refractivity contribution in [3.05, 3.63) is 107 Å². The maximum atomic E-state index is 14.9. The van der Waals surface area contributed by atoms with Gasteiger partial charge < -0.3 is 29.6 Å². The number of fused-ring (bicyclic) bond motifs is 4. The summed E-state index contributed by atoms with van der Waals surface area (Å²) in [6.45, 7) is 0.587. The predicted molar refractivity (Wildman–Crippen MR) is 145 cm³/mol. The first kappa shape index (κ1) is 26.4. The predicted octanol–water partition coefficient (Wildman–Crippen LogP) is 1.73. The van der Waals surface area contributed by atoms with Crippen LogP contribution in [0.2, 0.25) is 0 Å². The fourth-order valence-corrected chi connectivity index (χ4v) is 7.87. The van der Waals surface area contributed by atoms with Crippen LogP contribution in [-0.2, 0) is 9.59 Å². The number of allylic oxidation sites excluding steroid dienone is 8. The smallest absolute Gasteiger partial charge is 0.347 e. The number of hydrogen-bond acceptors (Lipinski definition) is 6. The molecule has 0 N–H and O–H groups in total. The number of amides is 4. The van der Waals surface area contributed by atoms with Gasteiger partial charge in [0.1, 0.15) is 47.1 Å². The molecule has 214 valence electrons. The number of carboxylic acid groups (broad SMARTS) is 2. The third kappa shape index (κ3) is 3.45. The molecule has 0 radical (unpaired) electrons. The largest absolute Gasteiger partial charge is 0.530 e. The second-order valence-corrected chi connectivity index (χ2v) is 11.6. The molecule has 2 fully saturated rings. The van der Waals surface area contributed by atoms with Crippen LogP contribution in [0.5, 0.6) is 0 Å². The first-order valence-electron chi connectivity index (χ1n) is 14.4. The molecule has 42 heavy (non-hydrogen) atoms. The van der Waals surface area contributed by atoms with E-state index in [0.717, 1.165) is 15.4 Å². The molecule has 1 aromatic rings. The lowest BCUT2D eigenvalue weighted by molar-refractivity contribution is -0.853. The quantitative estimate of drug-likeness (QED) is 0.484. The van der Waals surface area contributed by atoms with Crippen LogP contribution in [0.25, 0.3) is 0 Å². The summed E-state index contributed by atoms with van der Waals surface area (Å²) in [6.07, 6.45) is 14.2. The molecule has 1 aromatic carbocycles. The van der Waals surface area contributed by atoms with Crippen LogP contribution in [0.15, 0.2) is 102 Å². The van der Waals surface area contributed by atoms with Crippen molar-refractivity contribution >= 4 is 24.0 Å². The molecule has 10 heteroatoms. The maximum Gasteiger partial charge on any atom is 0.347 e. The SMILES string of the molecule is O=C([O-])N1CCC[C@H]1C(=O)[N+]1(CC(c2ccccc2)[N+]2(C(=O)[C@@H]3CCCN3C(=O)[O-])C3=CC=C2C=C3)C2=CC=C1C=C2. The minimum Gasteiger partial charge on any atom is -0.530 e. The summed E-state index contributed by atoms with van der Waals surface area (Å²) in [5, 5.41) is 24.1. The Morgan fingerprint density at radius 3 is 1.67 bits per heavy atom. The van der Waals surface area contributed by atoms with E-state index in [9.17, 15) is 29.4 Å². The van der Waals surface area contributed by atoms with E-state index in [4.69, 9.17) is 0 Å². The second-order valence-electron chi connectivity index (χ2n) is 11.6. The molecule has 6 heterocycles. The molecular weight excluding hydrogens is 536 g/mol. The Balaban J connectivity index is 1.39. The fraction of sp³-hybridized carbons (Fsp3) is 0.312. The summed E-state index contributed by atoms with van der Waals surface area (Å²) in [4.78, 5) is 55.9. The van der Waals surface area contributed by atoms with Gasteiger partial charge in [0.2, 0.25) is 0 Å². The summed E-state index contributed by atoms with van der Waals surface area (Å²) in [7, 11) is 0. The van der Waals surface area contributed by atoms with E-state index in [2.05, 4.69) is 0 Å². The van der Waals surface area contributed by atoms with E-state index >= 15 is 0 Å². The van der Waals surface area contributed by atoms with E-state index in [1.54, 1.807) is 0 Å². The lowest BCUT2D eigenvalue weighted by Gasteiger charge is -2.44. The number of benzene rings is 1. The molecule has 0 aliphatic carbocycles. The van der Waals surface area contributed by atoms with E-state index in [0.29, 0.717) is 48.5 Å². The zero-order valence-corrected chi connectivity index (χ0v) is 22.9. The zero-order chi connectivity index (χ0) is 29.2. The van der Waals surface area contributed by atoms with Crippen LogP contribution in [-0.4, -0.2) is 74.5 Å². The van der Waals surface area contributed by atoms with Crippen molar-refractivity contribution in [2.24, 2.45) is 0 Å². The molecule has 0 aromatic heterocycles. The molecule has 0 saturated carbocycles. The molecule has 1 unspecified atom stereocenters. The molecule has 4 bridgehead atoms. The van der Waals surface area contributed by atoms with Gasteiger partial charge in [-0.3, -0.25) is 0 Å². The van der Waals surface area contributed by atoms with Gasteiger partial charge in [0.15, 0.2) is 12.6 Å². The summed E-state index contributed by atoms with van der Waals surface area (Å²) in [5.41, 5.74) is 3.66. The zero-order valence-electron chi connectivity index (χ0n) is 22.9. The van der Waals surface area contributed by atoms with Crippen molar-refractivity contribution in [3.63, 3.8) is 0 Å². The third-order valence-electron chi connectivity index (χ3n) is 9.76. The maximum absolute atomic E-state index is 14.9. The molecule has 10 nitrogen and oxygen atoms in total. The summed E-state index contributed by atoms with van der Waals surface area (Å²) in [5.74, 6) is -0.557.